The Labute approximate surface area is 124 Å². The van der Waals surface area contributed by atoms with E-state index in [9.17, 15) is 4.79 Å². The highest BCUT2D eigenvalue weighted by molar-refractivity contribution is 5.76. The van der Waals surface area contributed by atoms with E-state index in [-0.39, 0.29) is 25.3 Å². The van der Waals surface area contributed by atoms with Gasteiger partial charge in [-0.15, -0.1) is 0 Å². The molecule has 1 aromatic carbocycles. The van der Waals surface area contributed by atoms with Gasteiger partial charge in [-0.05, 0) is 30.5 Å². The quantitative estimate of drug-likeness (QED) is 0.744. The number of nitrogens with one attached hydrogen (secondary N) is 1. The molecule has 1 amide bonds. The standard InChI is InChI=1S/C15H21NO5/c1-19-9-12(6-7-17)16-15(18)5-3-11-2-4-13-14(8-11)21-10-20-13/h2,4,8,12,17H,3,5-7,9-10H2,1H3,(H,16,18). The molecule has 0 aromatic heterocycles. The van der Waals surface area contributed by atoms with Crippen molar-refractivity contribution in [1.82, 2.24) is 5.32 Å². The second kappa shape index (κ2) is 7.85. The Hall–Kier alpha value is -1.79. The van der Waals surface area contributed by atoms with Gasteiger partial charge in [-0.2, -0.15) is 0 Å². The van der Waals surface area contributed by atoms with Gasteiger partial charge in [0.1, 0.15) is 0 Å². The maximum absolute atomic E-state index is 11.9. The van der Waals surface area contributed by atoms with E-state index in [1.54, 1.807) is 7.11 Å². The Morgan fingerprint density at radius 3 is 3.00 bits per heavy atom. The molecule has 0 saturated heterocycles. The van der Waals surface area contributed by atoms with Crippen molar-refractivity contribution in [2.45, 2.75) is 25.3 Å². The maximum atomic E-state index is 11.9. The van der Waals surface area contributed by atoms with Gasteiger partial charge in [0.2, 0.25) is 12.7 Å². The SMILES string of the molecule is COCC(CCO)NC(=O)CCc1ccc2c(c1)OCO2. The van der Waals surface area contributed by atoms with Crippen molar-refractivity contribution in [1.29, 1.82) is 0 Å². The highest BCUT2D eigenvalue weighted by Crippen LogP contribution is 2.32. The molecular weight excluding hydrogens is 274 g/mol. The number of aliphatic hydroxyl groups is 1. The van der Waals surface area contributed by atoms with E-state index in [1.807, 2.05) is 18.2 Å². The van der Waals surface area contributed by atoms with Crippen molar-refractivity contribution in [2.75, 3.05) is 27.1 Å². The molecule has 6 heteroatoms. The molecule has 0 bridgehead atoms. The van der Waals surface area contributed by atoms with Crippen LogP contribution in [0.2, 0.25) is 0 Å². The summed E-state index contributed by atoms with van der Waals surface area (Å²) in [6.07, 6.45) is 1.50. The first-order valence-corrected chi connectivity index (χ1v) is 7.00. The van der Waals surface area contributed by atoms with E-state index in [0.29, 0.717) is 25.9 Å². The van der Waals surface area contributed by atoms with Crippen LogP contribution in [0.1, 0.15) is 18.4 Å². The van der Waals surface area contributed by atoms with E-state index in [1.165, 1.54) is 0 Å². The number of carbonyl (C=O) groups excluding carboxylic acids is 1. The van der Waals surface area contributed by atoms with Gasteiger partial charge in [0.15, 0.2) is 11.5 Å². The molecule has 1 unspecified atom stereocenters. The highest BCUT2D eigenvalue weighted by atomic mass is 16.7. The molecule has 1 atom stereocenters. The minimum Gasteiger partial charge on any atom is -0.454 e. The average molecular weight is 295 g/mol. The second-order valence-corrected chi connectivity index (χ2v) is 4.92. The number of fused-ring (bicyclic) bond motifs is 1. The number of methoxy groups -OCH3 is 1. The van der Waals surface area contributed by atoms with Gasteiger partial charge in [-0.25, -0.2) is 0 Å². The number of aryl methyl sites for hydroxylation is 1. The third-order valence-corrected chi connectivity index (χ3v) is 3.29. The van der Waals surface area contributed by atoms with Gasteiger partial charge in [0, 0.05) is 20.1 Å². The average Bonchev–Trinajstić information content (AvgIpc) is 2.93. The number of benzene rings is 1. The van der Waals surface area contributed by atoms with E-state index in [4.69, 9.17) is 19.3 Å². The zero-order valence-electron chi connectivity index (χ0n) is 12.1. The third kappa shape index (κ3) is 4.61. The zero-order chi connectivity index (χ0) is 15.1. The maximum Gasteiger partial charge on any atom is 0.231 e. The monoisotopic (exact) mass is 295 g/mol. The summed E-state index contributed by atoms with van der Waals surface area (Å²) in [6.45, 7) is 0.673. The number of hydrogen-bond acceptors (Lipinski definition) is 5. The number of rotatable bonds is 8. The normalized spacial score (nSPS) is 14.0. The summed E-state index contributed by atoms with van der Waals surface area (Å²) < 4.78 is 15.6. The molecule has 2 N–H and O–H groups in total. The van der Waals surface area contributed by atoms with Crippen LogP contribution in [-0.2, 0) is 16.0 Å². The van der Waals surface area contributed by atoms with E-state index in [2.05, 4.69) is 5.32 Å². The molecule has 116 valence electrons. The van der Waals surface area contributed by atoms with Crippen molar-refractivity contribution >= 4 is 5.91 Å². The van der Waals surface area contributed by atoms with Gasteiger partial charge in [-0.1, -0.05) is 6.07 Å². The lowest BCUT2D eigenvalue weighted by Gasteiger charge is -2.16. The number of amides is 1. The summed E-state index contributed by atoms with van der Waals surface area (Å²) in [5, 5.41) is 11.8. The molecule has 0 radical (unpaired) electrons. The van der Waals surface area contributed by atoms with E-state index >= 15 is 0 Å². The van der Waals surface area contributed by atoms with Gasteiger partial charge < -0.3 is 24.6 Å². The number of carbonyl (C=O) groups is 1. The number of hydrogen-bond donors (Lipinski definition) is 2. The van der Waals surface area contributed by atoms with Crippen LogP contribution in [0.4, 0.5) is 0 Å². The van der Waals surface area contributed by atoms with Crippen molar-refractivity contribution in [3.8, 4) is 11.5 Å². The fourth-order valence-corrected chi connectivity index (χ4v) is 2.21. The minimum atomic E-state index is -0.149. The Morgan fingerprint density at radius 1 is 1.43 bits per heavy atom. The molecule has 21 heavy (non-hydrogen) atoms. The molecule has 0 fully saturated rings. The lowest BCUT2D eigenvalue weighted by molar-refractivity contribution is -0.122. The Bertz CT molecular complexity index is 471. The Morgan fingerprint density at radius 2 is 2.24 bits per heavy atom. The predicted molar refractivity (Wildman–Crippen MR) is 76.4 cm³/mol. The van der Waals surface area contributed by atoms with Crippen LogP contribution in [0.5, 0.6) is 11.5 Å². The summed E-state index contributed by atoms with van der Waals surface area (Å²) >= 11 is 0. The van der Waals surface area contributed by atoms with Crippen molar-refractivity contribution < 1.29 is 24.1 Å². The van der Waals surface area contributed by atoms with Crippen LogP contribution in [0.15, 0.2) is 18.2 Å². The van der Waals surface area contributed by atoms with Crippen LogP contribution in [0.3, 0.4) is 0 Å². The first-order valence-electron chi connectivity index (χ1n) is 7.00. The molecule has 1 aromatic rings. The predicted octanol–water partition coefficient (Wildman–Crippen LogP) is 0.861. The van der Waals surface area contributed by atoms with E-state index in [0.717, 1.165) is 17.1 Å². The molecule has 0 aliphatic carbocycles. The molecule has 1 aliphatic rings. The van der Waals surface area contributed by atoms with Gasteiger partial charge >= 0.3 is 0 Å². The topological polar surface area (TPSA) is 77.0 Å². The number of ether oxygens (including phenoxy) is 3. The molecule has 2 rings (SSSR count). The zero-order valence-corrected chi connectivity index (χ0v) is 12.1. The smallest absolute Gasteiger partial charge is 0.231 e. The van der Waals surface area contributed by atoms with Crippen LogP contribution < -0.4 is 14.8 Å². The summed E-state index contributed by atoms with van der Waals surface area (Å²) in [7, 11) is 1.57. The summed E-state index contributed by atoms with van der Waals surface area (Å²) in [5.74, 6) is 1.42. The van der Waals surface area contributed by atoms with Crippen molar-refractivity contribution in [2.24, 2.45) is 0 Å². The lowest BCUT2D eigenvalue weighted by atomic mass is 10.1. The van der Waals surface area contributed by atoms with E-state index < -0.39 is 0 Å². The highest BCUT2D eigenvalue weighted by Gasteiger charge is 2.15. The van der Waals surface area contributed by atoms with Crippen LogP contribution in [-0.4, -0.2) is 44.2 Å². The molecule has 6 nitrogen and oxygen atoms in total. The molecule has 0 spiro atoms. The number of aliphatic hydroxyl groups excluding tert-OH is 1. The van der Waals surface area contributed by atoms with Crippen LogP contribution >= 0.6 is 0 Å². The first-order chi connectivity index (χ1) is 10.2. The Balaban J connectivity index is 1.80. The largest absolute Gasteiger partial charge is 0.454 e. The minimum absolute atomic E-state index is 0.0243. The fraction of sp³-hybridized carbons (Fsp3) is 0.533. The summed E-state index contributed by atoms with van der Waals surface area (Å²) in [5.41, 5.74) is 1.03. The van der Waals surface area contributed by atoms with Crippen LogP contribution in [0, 0.1) is 0 Å². The third-order valence-electron chi connectivity index (χ3n) is 3.29. The second-order valence-electron chi connectivity index (χ2n) is 4.92. The lowest BCUT2D eigenvalue weighted by Crippen LogP contribution is -2.38. The van der Waals surface area contributed by atoms with Crippen molar-refractivity contribution in [3.63, 3.8) is 0 Å². The Kier molecular flexibility index (Phi) is 5.83. The van der Waals surface area contributed by atoms with Gasteiger partial charge in [0.25, 0.3) is 0 Å². The van der Waals surface area contributed by atoms with Gasteiger partial charge in [-0.3, -0.25) is 4.79 Å². The molecule has 1 heterocycles. The molecule has 0 saturated carbocycles. The molecule has 1 aliphatic heterocycles. The molecular formula is C15H21NO5. The van der Waals surface area contributed by atoms with Crippen molar-refractivity contribution in [3.05, 3.63) is 23.8 Å². The van der Waals surface area contributed by atoms with Gasteiger partial charge in [0.05, 0.1) is 12.6 Å². The first kappa shape index (κ1) is 15.6. The van der Waals surface area contributed by atoms with Crippen LogP contribution in [0.25, 0.3) is 0 Å². The summed E-state index contributed by atoms with van der Waals surface area (Å²) in [6, 6.07) is 5.54. The summed E-state index contributed by atoms with van der Waals surface area (Å²) in [4.78, 5) is 11.9. The fourth-order valence-electron chi connectivity index (χ4n) is 2.21.